The number of nitrogens with zero attached hydrogens (tertiary/aromatic N) is 4. The number of hydrogen-bond acceptors (Lipinski definition) is 5. The molecule has 0 saturated carbocycles. The standard InChI is InChI=1S/C22H22N4O4/c1-14-4-5-17(20(10-14)30-3)13-25-21(28)7-8-24(22(25)29)19-12-23-26-9-6-16(15(2)27)11-18(19)26/h4-6,9-12H,7-8,13H2,1-3H3. The van der Waals surface area contributed by atoms with Crippen molar-refractivity contribution < 1.29 is 19.1 Å². The van der Waals surface area contributed by atoms with Gasteiger partial charge in [0.25, 0.3) is 0 Å². The molecule has 0 aliphatic carbocycles. The summed E-state index contributed by atoms with van der Waals surface area (Å²) in [5, 5.41) is 4.28. The summed E-state index contributed by atoms with van der Waals surface area (Å²) in [6.07, 6.45) is 3.46. The minimum Gasteiger partial charge on any atom is -0.496 e. The fraction of sp³-hybridized carbons (Fsp3) is 0.273. The number of benzene rings is 1. The lowest BCUT2D eigenvalue weighted by Gasteiger charge is -2.34. The molecule has 2 aromatic heterocycles. The van der Waals surface area contributed by atoms with Crippen molar-refractivity contribution >= 4 is 28.9 Å². The number of fused-ring (bicyclic) bond motifs is 1. The Hall–Kier alpha value is -3.68. The van der Waals surface area contributed by atoms with E-state index in [1.54, 1.807) is 36.2 Å². The number of aromatic nitrogens is 2. The number of anilines is 1. The Kier molecular flexibility index (Phi) is 4.99. The minimum atomic E-state index is -0.419. The number of carbonyl (C=O) groups is 3. The Balaban J connectivity index is 1.68. The van der Waals surface area contributed by atoms with E-state index in [2.05, 4.69) is 5.10 Å². The third-order valence-corrected chi connectivity index (χ3v) is 5.28. The van der Waals surface area contributed by atoms with Gasteiger partial charge < -0.3 is 4.74 Å². The number of aryl methyl sites for hydroxylation is 1. The molecule has 1 fully saturated rings. The van der Waals surface area contributed by atoms with Crippen LogP contribution in [0.1, 0.15) is 34.8 Å². The molecule has 154 valence electrons. The molecule has 0 spiro atoms. The van der Waals surface area contributed by atoms with Crippen LogP contribution >= 0.6 is 0 Å². The summed E-state index contributed by atoms with van der Waals surface area (Å²) in [7, 11) is 1.57. The molecule has 4 rings (SSSR count). The number of ether oxygens (including phenoxy) is 1. The zero-order valence-corrected chi connectivity index (χ0v) is 17.1. The van der Waals surface area contributed by atoms with E-state index in [0.29, 0.717) is 22.5 Å². The van der Waals surface area contributed by atoms with Crippen LogP contribution in [-0.2, 0) is 11.3 Å². The average molecular weight is 406 g/mol. The number of Topliss-reactive ketones (excluding diaryl/α,β-unsaturated/α-hetero) is 1. The Labute approximate surface area is 173 Å². The number of carbonyl (C=O) groups excluding carboxylic acids is 3. The van der Waals surface area contributed by atoms with Gasteiger partial charge in [0, 0.05) is 30.3 Å². The van der Waals surface area contributed by atoms with Crippen molar-refractivity contribution in [1.82, 2.24) is 14.5 Å². The highest BCUT2D eigenvalue weighted by atomic mass is 16.5. The quantitative estimate of drug-likeness (QED) is 0.608. The van der Waals surface area contributed by atoms with Gasteiger partial charge in [0.1, 0.15) is 5.75 Å². The van der Waals surface area contributed by atoms with Crippen molar-refractivity contribution in [3.63, 3.8) is 0 Å². The van der Waals surface area contributed by atoms with Crippen LogP contribution in [0.5, 0.6) is 5.75 Å². The maximum Gasteiger partial charge on any atom is 0.331 e. The second kappa shape index (κ2) is 7.62. The first kappa shape index (κ1) is 19.6. The molecule has 8 nitrogen and oxygen atoms in total. The highest BCUT2D eigenvalue weighted by Gasteiger charge is 2.34. The molecule has 8 heteroatoms. The Bertz CT molecular complexity index is 1170. The Morgan fingerprint density at radius 2 is 2.00 bits per heavy atom. The van der Waals surface area contributed by atoms with Gasteiger partial charge in [-0.15, -0.1) is 0 Å². The van der Waals surface area contributed by atoms with Gasteiger partial charge in [-0.2, -0.15) is 5.10 Å². The Morgan fingerprint density at radius 1 is 1.20 bits per heavy atom. The SMILES string of the molecule is COc1cc(C)ccc1CN1C(=O)CCN(c2cnn3ccc(C(C)=O)cc23)C1=O. The van der Waals surface area contributed by atoms with Crippen LogP contribution in [0.4, 0.5) is 10.5 Å². The predicted octanol–water partition coefficient (Wildman–Crippen LogP) is 3.21. The molecule has 1 aliphatic heterocycles. The lowest BCUT2D eigenvalue weighted by Crippen LogP contribution is -2.52. The topological polar surface area (TPSA) is 84.2 Å². The van der Waals surface area contributed by atoms with Gasteiger partial charge in [-0.1, -0.05) is 12.1 Å². The lowest BCUT2D eigenvalue weighted by molar-refractivity contribution is -0.129. The third kappa shape index (κ3) is 3.41. The fourth-order valence-electron chi connectivity index (χ4n) is 3.62. The first-order valence-electron chi connectivity index (χ1n) is 9.62. The number of ketones is 1. The monoisotopic (exact) mass is 406 g/mol. The highest BCUT2D eigenvalue weighted by Crippen LogP contribution is 2.29. The van der Waals surface area contributed by atoms with E-state index in [-0.39, 0.29) is 31.2 Å². The minimum absolute atomic E-state index is 0.0714. The maximum atomic E-state index is 13.3. The summed E-state index contributed by atoms with van der Waals surface area (Å²) in [6.45, 7) is 3.81. The first-order chi connectivity index (χ1) is 14.4. The van der Waals surface area contributed by atoms with E-state index in [9.17, 15) is 14.4 Å². The number of hydrogen-bond donors (Lipinski definition) is 0. The second-order valence-electron chi connectivity index (χ2n) is 7.31. The molecular weight excluding hydrogens is 384 g/mol. The molecule has 1 aliphatic rings. The molecule has 3 heterocycles. The van der Waals surface area contributed by atoms with Gasteiger partial charge in [-0.05, 0) is 37.6 Å². The van der Waals surface area contributed by atoms with Crippen LogP contribution in [0.2, 0.25) is 0 Å². The maximum absolute atomic E-state index is 13.3. The smallest absolute Gasteiger partial charge is 0.331 e. The van der Waals surface area contributed by atoms with Crippen LogP contribution in [0, 0.1) is 6.92 Å². The van der Waals surface area contributed by atoms with E-state index in [0.717, 1.165) is 11.1 Å². The van der Waals surface area contributed by atoms with Crippen LogP contribution in [0.3, 0.4) is 0 Å². The fourth-order valence-corrected chi connectivity index (χ4v) is 3.62. The summed E-state index contributed by atoms with van der Waals surface area (Å²) >= 11 is 0. The highest BCUT2D eigenvalue weighted by molar-refractivity contribution is 6.07. The van der Waals surface area contributed by atoms with Crippen molar-refractivity contribution in [2.45, 2.75) is 26.8 Å². The molecule has 0 unspecified atom stereocenters. The van der Waals surface area contributed by atoms with Crippen molar-refractivity contribution in [1.29, 1.82) is 0 Å². The molecule has 0 bridgehead atoms. The molecule has 0 atom stereocenters. The molecule has 1 saturated heterocycles. The summed E-state index contributed by atoms with van der Waals surface area (Å²) in [5.41, 5.74) is 3.52. The zero-order valence-electron chi connectivity index (χ0n) is 17.1. The molecule has 1 aromatic carbocycles. The van der Waals surface area contributed by atoms with E-state index >= 15 is 0 Å². The zero-order chi connectivity index (χ0) is 21.4. The molecule has 0 radical (unpaired) electrons. The van der Waals surface area contributed by atoms with Crippen molar-refractivity contribution in [3.05, 3.63) is 59.4 Å². The van der Waals surface area contributed by atoms with Gasteiger partial charge in [-0.25, -0.2) is 9.31 Å². The second-order valence-corrected chi connectivity index (χ2v) is 7.31. The average Bonchev–Trinajstić information content (AvgIpc) is 3.15. The Morgan fingerprint density at radius 3 is 2.73 bits per heavy atom. The van der Waals surface area contributed by atoms with Gasteiger partial charge in [0.05, 0.1) is 31.1 Å². The van der Waals surface area contributed by atoms with Crippen LogP contribution in [0.15, 0.2) is 42.7 Å². The molecule has 0 N–H and O–H groups in total. The van der Waals surface area contributed by atoms with Crippen LogP contribution in [0.25, 0.3) is 5.52 Å². The van der Waals surface area contributed by atoms with Gasteiger partial charge in [-0.3, -0.25) is 19.4 Å². The first-order valence-corrected chi connectivity index (χ1v) is 9.62. The van der Waals surface area contributed by atoms with Crippen molar-refractivity contribution in [3.8, 4) is 5.75 Å². The summed E-state index contributed by atoms with van der Waals surface area (Å²) in [5.74, 6) is 0.326. The summed E-state index contributed by atoms with van der Waals surface area (Å²) < 4.78 is 7.03. The van der Waals surface area contributed by atoms with Crippen molar-refractivity contribution in [2.75, 3.05) is 18.6 Å². The number of urea groups is 1. The van der Waals surface area contributed by atoms with Crippen LogP contribution < -0.4 is 9.64 Å². The largest absolute Gasteiger partial charge is 0.496 e. The number of imide groups is 1. The molecule has 30 heavy (non-hydrogen) atoms. The number of rotatable bonds is 5. The van der Waals surface area contributed by atoms with Gasteiger partial charge in [0.2, 0.25) is 5.91 Å². The van der Waals surface area contributed by atoms with Crippen molar-refractivity contribution in [2.24, 2.45) is 0 Å². The number of amides is 3. The number of pyridine rings is 1. The molecule has 3 amide bonds. The predicted molar refractivity (Wildman–Crippen MR) is 111 cm³/mol. The number of methoxy groups -OCH3 is 1. The summed E-state index contributed by atoms with van der Waals surface area (Å²) in [4.78, 5) is 40.4. The summed E-state index contributed by atoms with van der Waals surface area (Å²) in [6, 6.07) is 8.63. The normalized spacial score (nSPS) is 14.5. The van der Waals surface area contributed by atoms with E-state index in [1.165, 1.54) is 16.7 Å². The van der Waals surface area contributed by atoms with Crippen LogP contribution in [-0.4, -0.2) is 45.9 Å². The molecule has 3 aromatic rings. The van der Waals surface area contributed by atoms with E-state index < -0.39 is 6.03 Å². The lowest BCUT2D eigenvalue weighted by atomic mass is 10.1. The van der Waals surface area contributed by atoms with E-state index in [1.807, 2.05) is 25.1 Å². The molecular formula is C22H22N4O4. The van der Waals surface area contributed by atoms with Gasteiger partial charge in [0.15, 0.2) is 5.78 Å². The van der Waals surface area contributed by atoms with E-state index in [4.69, 9.17) is 4.74 Å². The van der Waals surface area contributed by atoms with Gasteiger partial charge >= 0.3 is 6.03 Å². The third-order valence-electron chi connectivity index (χ3n) is 5.28.